The van der Waals surface area contributed by atoms with E-state index in [4.69, 9.17) is 14.2 Å². The van der Waals surface area contributed by atoms with Gasteiger partial charge >= 0.3 is 0 Å². The summed E-state index contributed by atoms with van der Waals surface area (Å²) in [5.41, 5.74) is 3.22. The number of carbonyl (C=O) groups excluding carboxylic acids is 1. The molecule has 0 unspecified atom stereocenters. The Bertz CT molecular complexity index is 1200. The Morgan fingerprint density at radius 1 is 1.09 bits per heavy atom. The van der Waals surface area contributed by atoms with E-state index in [1.807, 2.05) is 24.3 Å². The molecule has 3 aromatic carbocycles. The van der Waals surface area contributed by atoms with E-state index in [9.17, 15) is 9.18 Å². The van der Waals surface area contributed by atoms with Gasteiger partial charge in [0.25, 0.3) is 0 Å². The molecule has 0 aliphatic carbocycles. The van der Waals surface area contributed by atoms with Crippen molar-refractivity contribution in [2.75, 3.05) is 20.4 Å². The van der Waals surface area contributed by atoms with Crippen LogP contribution in [0.2, 0.25) is 0 Å². The Morgan fingerprint density at radius 2 is 1.91 bits per heavy atom. The van der Waals surface area contributed by atoms with E-state index in [1.54, 1.807) is 31.4 Å². The summed E-state index contributed by atoms with van der Waals surface area (Å²) in [6, 6.07) is 17.5. The molecule has 5 rings (SSSR count). The van der Waals surface area contributed by atoms with Crippen molar-refractivity contribution in [2.24, 2.45) is 0 Å². The predicted molar refractivity (Wildman–Crippen MR) is 118 cm³/mol. The van der Waals surface area contributed by atoms with Crippen molar-refractivity contribution in [3.05, 3.63) is 94.5 Å². The molecule has 162 valence electrons. The van der Waals surface area contributed by atoms with Gasteiger partial charge in [-0.1, -0.05) is 30.3 Å². The van der Waals surface area contributed by atoms with E-state index in [0.717, 1.165) is 35.6 Å². The Balaban J connectivity index is 1.35. The lowest BCUT2D eigenvalue weighted by molar-refractivity contribution is 0.0948. The summed E-state index contributed by atoms with van der Waals surface area (Å²) in [7, 11) is 1.67. The summed E-state index contributed by atoms with van der Waals surface area (Å²) in [4.78, 5) is 15.1. The Labute approximate surface area is 185 Å². The third kappa shape index (κ3) is 3.85. The van der Waals surface area contributed by atoms with E-state index >= 15 is 0 Å². The summed E-state index contributed by atoms with van der Waals surface area (Å²) in [6.45, 7) is 1.85. The number of nitrogens with zero attached hydrogens (tertiary/aromatic N) is 1. The van der Waals surface area contributed by atoms with Gasteiger partial charge in [0.2, 0.25) is 5.78 Å². The molecule has 0 saturated heterocycles. The maximum absolute atomic E-state index is 13.2. The Kier molecular flexibility index (Phi) is 5.37. The number of ether oxygens (including phenoxy) is 3. The number of rotatable bonds is 5. The Morgan fingerprint density at radius 3 is 2.72 bits per heavy atom. The van der Waals surface area contributed by atoms with Gasteiger partial charge in [-0.3, -0.25) is 9.69 Å². The van der Waals surface area contributed by atoms with Crippen LogP contribution in [-0.4, -0.2) is 31.1 Å². The summed E-state index contributed by atoms with van der Waals surface area (Å²) < 4.78 is 30.6. The first-order chi connectivity index (χ1) is 15.6. The smallest absolute Gasteiger partial charge is 0.231 e. The minimum absolute atomic E-state index is 0.182. The number of Topliss-reactive ketones (excluding diaryl/α,β-unsaturated/α-hetero) is 1. The highest BCUT2D eigenvalue weighted by Gasteiger charge is 2.33. The normalized spacial score (nSPS) is 16.3. The molecule has 0 aromatic heterocycles. The van der Waals surface area contributed by atoms with Gasteiger partial charge in [0.15, 0.2) is 5.76 Å². The zero-order valence-electron chi connectivity index (χ0n) is 17.6. The third-order valence-electron chi connectivity index (χ3n) is 5.74. The number of allylic oxidation sites excluding steroid dienone is 1. The highest BCUT2D eigenvalue weighted by molar-refractivity contribution is 6.15. The van der Waals surface area contributed by atoms with E-state index in [1.165, 1.54) is 12.1 Å². The maximum Gasteiger partial charge on any atom is 0.231 e. The maximum atomic E-state index is 13.2. The molecule has 6 heteroatoms. The molecule has 0 bridgehead atoms. The molecule has 0 saturated carbocycles. The first kappa shape index (κ1) is 20.3. The van der Waals surface area contributed by atoms with Crippen LogP contribution in [-0.2, 0) is 13.0 Å². The van der Waals surface area contributed by atoms with Crippen molar-refractivity contribution in [2.45, 2.75) is 13.0 Å². The fourth-order valence-electron chi connectivity index (χ4n) is 4.05. The fourth-order valence-corrected chi connectivity index (χ4v) is 4.05. The van der Waals surface area contributed by atoms with Crippen LogP contribution < -0.4 is 14.2 Å². The number of halogens is 1. The number of hydrogen-bond donors (Lipinski definition) is 0. The number of fused-ring (bicyclic) bond motifs is 3. The predicted octanol–water partition coefficient (Wildman–Crippen LogP) is 4.85. The van der Waals surface area contributed by atoms with Gasteiger partial charge in [-0.2, -0.15) is 0 Å². The summed E-state index contributed by atoms with van der Waals surface area (Å²) in [6.07, 6.45) is 2.45. The van der Waals surface area contributed by atoms with Gasteiger partial charge in [-0.25, -0.2) is 4.39 Å². The van der Waals surface area contributed by atoms with Crippen molar-refractivity contribution in [3.8, 4) is 17.2 Å². The second-order valence-electron chi connectivity index (χ2n) is 7.80. The van der Waals surface area contributed by atoms with E-state index in [-0.39, 0.29) is 17.4 Å². The summed E-state index contributed by atoms with van der Waals surface area (Å²) in [5.74, 6) is 1.87. The number of hydrogen-bond acceptors (Lipinski definition) is 5. The number of carbonyl (C=O) groups is 1. The molecule has 0 amide bonds. The van der Waals surface area contributed by atoms with E-state index in [0.29, 0.717) is 30.2 Å². The second-order valence-corrected chi connectivity index (χ2v) is 7.80. The van der Waals surface area contributed by atoms with Crippen LogP contribution in [0.4, 0.5) is 4.39 Å². The molecule has 0 fully saturated rings. The number of ketones is 1. The van der Waals surface area contributed by atoms with Crippen molar-refractivity contribution < 1.29 is 23.4 Å². The zero-order chi connectivity index (χ0) is 22.1. The molecule has 2 heterocycles. The first-order valence-corrected chi connectivity index (χ1v) is 10.4. The van der Waals surface area contributed by atoms with Crippen molar-refractivity contribution >= 4 is 11.9 Å². The monoisotopic (exact) mass is 431 g/mol. The lowest BCUT2D eigenvalue weighted by Crippen LogP contribution is -2.33. The largest absolute Gasteiger partial charge is 0.496 e. The van der Waals surface area contributed by atoms with Crippen LogP contribution in [0.3, 0.4) is 0 Å². The molecule has 0 spiro atoms. The van der Waals surface area contributed by atoms with Crippen molar-refractivity contribution in [1.82, 2.24) is 4.90 Å². The topological polar surface area (TPSA) is 48.0 Å². The number of para-hydroxylation sites is 1. The number of methoxy groups -OCH3 is 1. The molecular weight excluding hydrogens is 409 g/mol. The SMILES string of the molecule is COc1ccccc1CCN1COc2ccc3c(c2C1)O/C(=C\c1ccc(F)cc1)C3=O. The molecule has 2 aliphatic heterocycles. The lowest BCUT2D eigenvalue weighted by Gasteiger charge is -2.29. The van der Waals surface area contributed by atoms with Gasteiger partial charge in [0.1, 0.15) is 29.8 Å². The minimum atomic E-state index is -0.325. The van der Waals surface area contributed by atoms with E-state index in [2.05, 4.69) is 11.0 Å². The average Bonchev–Trinajstić information content (AvgIpc) is 3.15. The fraction of sp³-hybridized carbons (Fsp3) is 0.192. The quantitative estimate of drug-likeness (QED) is 0.541. The highest BCUT2D eigenvalue weighted by Crippen LogP contribution is 2.42. The molecule has 5 nitrogen and oxygen atoms in total. The van der Waals surface area contributed by atoms with Crippen LogP contribution in [0, 0.1) is 5.82 Å². The second kappa shape index (κ2) is 8.48. The van der Waals surface area contributed by atoms with Crippen LogP contribution in [0.25, 0.3) is 6.08 Å². The lowest BCUT2D eigenvalue weighted by atomic mass is 10.0. The van der Waals surface area contributed by atoms with Crippen LogP contribution in [0.5, 0.6) is 17.2 Å². The molecule has 2 aliphatic rings. The molecule has 0 atom stereocenters. The molecule has 3 aromatic rings. The van der Waals surface area contributed by atoms with E-state index < -0.39 is 0 Å². The zero-order valence-corrected chi connectivity index (χ0v) is 17.6. The molecule has 32 heavy (non-hydrogen) atoms. The summed E-state index contributed by atoms with van der Waals surface area (Å²) >= 11 is 0. The minimum Gasteiger partial charge on any atom is -0.496 e. The van der Waals surface area contributed by atoms with Crippen LogP contribution in [0.15, 0.2) is 66.4 Å². The van der Waals surface area contributed by atoms with Crippen molar-refractivity contribution in [1.29, 1.82) is 0 Å². The summed E-state index contributed by atoms with van der Waals surface area (Å²) in [5, 5.41) is 0. The van der Waals surface area contributed by atoms with Gasteiger partial charge < -0.3 is 14.2 Å². The van der Waals surface area contributed by atoms with Crippen LogP contribution in [0.1, 0.15) is 27.0 Å². The standard InChI is InChI=1S/C26H22FNO4/c1-30-22-5-3-2-4-18(22)12-13-28-15-21-23(31-16-28)11-10-20-25(29)24(32-26(20)21)14-17-6-8-19(27)9-7-17/h2-11,14H,12-13,15-16H2,1H3/b24-14-. The molecular formula is C26H22FNO4. The highest BCUT2D eigenvalue weighted by atomic mass is 19.1. The Hall–Kier alpha value is -3.64. The van der Waals surface area contributed by atoms with Crippen molar-refractivity contribution in [3.63, 3.8) is 0 Å². The van der Waals surface area contributed by atoms with Gasteiger partial charge in [0, 0.05) is 13.1 Å². The van der Waals surface area contributed by atoms with Gasteiger partial charge in [-0.15, -0.1) is 0 Å². The first-order valence-electron chi connectivity index (χ1n) is 10.4. The number of benzene rings is 3. The molecule has 0 radical (unpaired) electrons. The molecule has 0 N–H and O–H groups in total. The third-order valence-corrected chi connectivity index (χ3v) is 5.74. The van der Waals surface area contributed by atoms with Gasteiger partial charge in [0.05, 0.1) is 18.2 Å². The average molecular weight is 431 g/mol. The van der Waals surface area contributed by atoms with Gasteiger partial charge in [-0.05, 0) is 54.0 Å². The van der Waals surface area contributed by atoms with Crippen LogP contribution >= 0.6 is 0 Å².